The van der Waals surface area contributed by atoms with Gasteiger partial charge >= 0.3 is 0 Å². The van der Waals surface area contributed by atoms with Crippen LogP contribution in [0.3, 0.4) is 0 Å². The largest absolute Gasteiger partial charge is 0.497 e. The number of nitrogens with zero attached hydrogens (tertiary/aromatic N) is 2. The SMILES string of the molecule is CC[C@@H](C)NC(=O)[C@H](Cc1ccccc1)N(Cc1cccc(OC)c1)C(=O)CN(c1ccc(F)cc1)S(C)(=O)=O. The zero-order chi connectivity index (χ0) is 29.3. The van der Waals surface area contributed by atoms with Gasteiger partial charge in [0.25, 0.3) is 0 Å². The zero-order valence-corrected chi connectivity index (χ0v) is 24.0. The topological polar surface area (TPSA) is 96.0 Å². The van der Waals surface area contributed by atoms with Crippen LogP contribution in [-0.2, 0) is 32.6 Å². The summed E-state index contributed by atoms with van der Waals surface area (Å²) in [5.41, 5.74) is 1.69. The van der Waals surface area contributed by atoms with Gasteiger partial charge in [0.15, 0.2) is 0 Å². The van der Waals surface area contributed by atoms with Crippen LogP contribution in [0.4, 0.5) is 10.1 Å². The summed E-state index contributed by atoms with van der Waals surface area (Å²) in [5.74, 6) is -0.884. The molecule has 3 aromatic rings. The maximum atomic E-state index is 14.0. The molecule has 0 saturated carbocycles. The average molecular weight is 570 g/mol. The molecule has 0 saturated heterocycles. The number of anilines is 1. The zero-order valence-electron chi connectivity index (χ0n) is 23.2. The molecule has 0 spiro atoms. The first-order chi connectivity index (χ1) is 19.0. The van der Waals surface area contributed by atoms with Crippen LogP contribution in [0.15, 0.2) is 78.9 Å². The molecule has 3 rings (SSSR count). The Bertz CT molecular complexity index is 1380. The van der Waals surface area contributed by atoms with E-state index in [1.807, 2.05) is 50.2 Å². The van der Waals surface area contributed by atoms with Gasteiger partial charge in [0.1, 0.15) is 24.2 Å². The van der Waals surface area contributed by atoms with Crippen molar-refractivity contribution in [3.8, 4) is 5.75 Å². The van der Waals surface area contributed by atoms with Crippen molar-refractivity contribution >= 4 is 27.5 Å². The summed E-state index contributed by atoms with van der Waals surface area (Å²) in [6.45, 7) is 3.29. The summed E-state index contributed by atoms with van der Waals surface area (Å²) in [6.07, 6.45) is 1.89. The summed E-state index contributed by atoms with van der Waals surface area (Å²) < 4.78 is 45.4. The van der Waals surface area contributed by atoms with E-state index in [-0.39, 0.29) is 30.6 Å². The summed E-state index contributed by atoms with van der Waals surface area (Å²) >= 11 is 0. The highest BCUT2D eigenvalue weighted by molar-refractivity contribution is 7.92. The molecule has 8 nitrogen and oxygen atoms in total. The Labute approximate surface area is 235 Å². The van der Waals surface area contributed by atoms with E-state index in [1.165, 1.54) is 24.1 Å². The second-order valence-electron chi connectivity index (χ2n) is 9.64. The molecular formula is C30H36FN3O5S. The Morgan fingerprint density at radius 2 is 1.62 bits per heavy atom. The molecule has 0 heterocycles. The number of sulfonamides is 1. The van der Waals surface area contributed by atoms with Crippen LogP contribution in [0, 0.1) is 5.82 Å². The Morgan fingerprint density at radius 3 is 2.23 bits per heavy atom. The minimum atomic E-state index is -3.93. The average Bonchev–Trinajstić information content (AvgIpc) is 2.94. The molecule has 0 aromatic heterocycles. The minimum Gasteiger partial charge on any atom is -0.497 e. The van der Waals surface area contributed by atoms with Gasteiger partial charge in [0.2, 0.25) is 21.8 Å². The molecule has 3 aromatic carbocycles. The number of hydrogen-bond donors (Lipinski definition) is 1. The fourth-order valence-electron chi connectivity index (χ4n) is 4.18. The first kappa shape index (κ1) is 30.6. The van der Waals surface area contributed by atoms with Gasteiger partial charge in [-0.1, -0.05) is 49.4 Å². The number of methoxy groups -OCH3 is 1. The number of amides is 2. The Hall–Kier alpha value is -3.92. The Balaban J connectivity index is 2.06. The highest BCUT2D eigenvalue weighted by Crippen LogP contribution is 2.22. The molecule has 0 unspecified atom stereocenters. The fraction of sp³-hybridized carbons (Fsp3) is 0.333. The second kappa shape index (κ2) is 13.9. The van der Waals surface area contributed by atoms with Crippen molar-refractivity contribution in [2.45, 2.75) is 45.3 Å². The highest BCUT2D eigenvalue weighted by atomic mass is 32.2. The van der Waals surface area contributed by atoms with Crippen LogP contribution in [0.5, 0.6) is 5.75 Å². The standard InChI is InChI=1S/C30H36FN3O5S/c1-5-22(2)32-30(36)28(19-23-10-7-6-8-11-23)33(20-24-12-9-13-27(18-24)39-3)29(35)21-34(40(4,37)38)26-16-14-25(31)15-17-26/h6-18,22,28H,5,19-21H2,1-4H3,(H,32,36)/t22-,28+/m1/s1. The molecule has 0 fully saturated rings. The molecule has 1 N–H and O–H groups in total. The Kier molecular flexibility index (Phi) is 10.7. The van der Waals surface area contributed by atoms with Gasteiger partial charge in [0.05, 0.1) is 19.1 Å². The van der Waals surface area contributed by atoms with Gasteiger partial charge < -0.3 is 15.0 Å². The van der Waals surface area contributed by atoms with Gasteiger partial charge in [-0.25, -0.2) is 12.8 Å². The summed E-state index contributed by atoms with van der Waals surface area (Å²) in [5, 5.41) is 2.98. The number of halogens is 1. The third-order valence-electron chi connectivity index (χ3n) is 6.55. The van der Waals surface area contributed by atoms with Gasteiger partial charge in [-0.05, 0) is 60.9 Å². The first-order valence-corrected chi connectivity index (χ1v) is 14.9. The lowest BCUT2D eigenvalue weighted by molar-refractivity contribution is -0.140. The lowest BCUT2D eigenvalue weighted by Crippen LogP contribution is -2.54. The Morgan fingerprint density at radius 1 is 0.975 bits per heavy atom. The van der Waals surface area contributed by atoms with E-state index in [2.05, 4.69) is 5.32 Å². The van der Waals surface area contributed by atoms with E-state index in [4.69, 9.17) is 4.74 Å². The predicted octanol–water partition coefficient (Wildman–Crippen LogP) is 4.16. The van der Waals surface area contributed by atoms with Crippen LogP contribution < -0.4 is 14.4 Å². The molecule has 0 aliphatic heterocycles. The van der Waals surface area contributed by atoms with Crippen LogP contribution in [-0.4, -0.2) is 57.1 Å². The van der Waals surface area contributed by atoms with Crippen LogP contribution in [0.2, 0.25) is 0 Å². The van der Waals surface area contributed by atoms with E-state index in [9.17, 15) is 22.4 Å². The van der Waals surface area contributed by atoms with Crippen LogP contribution in [0.25, 0.3) is 0 Å². The van der Waals surface area contributed by atoms with Crippen molar-refractivity contribution in [3.05, 3.63) is 95.8 Å². The van der Waals surface area contributed by atoms with Crippen molar-refractivity contribution in [2.75, 3.05) is 24.2 Å². The molecule has 214 valence electrons. The van der Waals surface area contributed by atoms with Gasteiger partial charge in [-0.15, -0.1) is 0 Å². The van der Waals surface area contributed by atoms with Crippen molar-refractivity contribution in [1.29, 1.82) is 0 Å². The molecule has 2 atom stereocenters. The lowest BCUT2D eigenvalue weighted by Gasteiger charge is -2.34. The number of carbonyl (C=O) groups is 2. The summed E-state index contributed by atoms with van der Waals surface area (Å²) in [4.78, 5) is 29.1. The monoisotopic (exact) mass is 569 g/mol. The van der Waals surface area contributed by atoms with E-state index < -0.39 is 34.3 Å². The van der Waals surface area contributed by atoms with Gasteiger partial charge in [-0.2, -0.15) is 0 Å². The van der Waals surface area contributed by atoms with Crippen LogP contribution in [0.1, 0.15) is 31.4 Å². The van der Waals surface area contributed by atoms with E-state index in [0.717, 1.165) is 28.3 Å². The fourth-order valence-corrected chi connectivity index (χ4v) is 5.03. The number of carbonyl (C=O) groups excluding carboxylic acids is 2. The summed E-state index contributed by atoms with van der Waals surface area (Å²) in [6, 6.07) is 20.2. The quantitative estimate of drug-likeness (QED) is 0.334. The van der Waals surface area contributed by atoms with Crippen molar-refractivity contribution in [2.24, 2.45) is 0 Å². The normalized spacial score (nSPS) is 12.7. The number of nitrogens with one attached hydrogen (secondary N) is 1. The molecule has 0 bridgehead atoms. The van der Waals surface area contributed by atoms with Crippen molar-refractivity contribution in [1.82, 2.24) is 10.2 Å². The molecule has 40 heavy (non-hydrogen) atoms. The maximum absolute atomic E-state index is 14.0. The number of hydrogen-bond acceptors (Lipinski definition) is 5. The molecular weight excluding hydrogens is 533 g/mol. The third kappa shape index (κ3) is 8.54. The highest BCUT2D eigenvalue weighted by Gasteiger charge is 2.33. The second-order valence-corrected chi connectivity index (χ2v) is 11.5. The van der Waals surface area contributed by atoms with E-state index in [0.29, 0.717) is 17.7 Å². The first-order valence-electron chi connectivity index (χ1n) is 13.0. The summed E-state index contributed by atoms with van der Waals surface area (Å²) in [7, 11) is -2.39. The van der Waals surface area contributed by atoms with E-state index >= 15 is 0 Å². The van der Waals surface area contributed by atoms with Crippen LogP contribution >= 0.6 is 0 Å². The van der Waals surface area contributed by atoms with Crippen molar-refractivity contribution in [3.63, 3.8) is 0 Å². The lowest BCUT2D eigenvalue weighted by atomic mass is 10.0. The predicted molar refractivity (Wildman–Crippen MR) is 154 cm³/mol. The number of ether oxygens (including phenoxy) is 1. The molecule has 0 radical (unpaired) electrons. The molecule has 0 aliphatic carbocycles. The van der Waals surface area contributed by atoms with Gasteiger partial charge in [0, 0.05) is 19.0 Å². The molecule has 2 amide bonds. The van der Waals surface area contributed by atoms with E-state index in [1.54, 1.807) is 18.2 Å². The van der Waals surface area contributed by atoms with Crippen molar-refractivity contribution < 1.29 is 27.1 Å². The van der Waals surface area contributed by atoms with Gasteiger partial charge in [-0.3, -0.25) is 13.9 Å². The molecule has 0 aliphatic rings. The smallest absolute Gasteiger partial charge is 0.244 e. The minimum absolute atomic E-state index is 0.0302. The molecule has 10 heteroatoms. The number of rotatable bonds is 13. The third-order valence-corrected chi connectivity index (χ3v) is 7.69. The number of benzene rings is 3. The maximum Gasteiger partial charge on any atom is 0.244 e.